The number of rotatable bonds is 1. The average molecular weight is 220 g/mol. The topological polar surface area (TPSA) is 17.1 Å². The van der Waals surface area contributed by atoms with Crippen LogP contribution in [0.5, 0.6) is 0 Å². The average Bonchev–Trinajstić information content (AvgIpc) is 2.23. The highest BCUT2D eigenvalue weighted by molar-refractivity contribution is 5.66. The second-order valence-corrected chi connectivity index (χ2v) is 6.53. The Labute approximate surface area is 99.3 Å². The van der Waals surface area contributed by atoms with Crippen LogP contribution in [-0.4, -0.2) is 6.29 Å². The van der Waals surface area contributed by atoms with Crippen LogP contribution in [-0.2, 0) is 4.79 Å². The molecule has 0 aromatic heterocycles. The molecule has 0 saturated carbocycles. The Bertz CT molecular complexity index is 337. The standard InChI is InChI=1S/C15H24O/c1-11-7-8-12-13(15(11,4)10-16)6-5-9-14(12,2)3/h10-11H,5-9H2,1-4H3/t11-,15+/m0/s1. The van der Waals surface area contributed by atoms with Crippen LogP contribution in [0.2, 0.25) is 0 Å². The van der Waals surface area contributed by atoms with Gasteiger partial charge < -0.3 is 4.79 Å². The van der Waals surface area contributed by atoms with Crippen molar-refractivity contribution in [2.45, 2.75) is 59.8 Å². The molecule has 0 heterocycles. The number of carbonyl (C=O) groups excluding carboxylic acids is 1. The van der Waals surface area contributed by atoms with Gasteiger partial charge in [-0.2, -0.15) is 0 Å². The molecule has 0 radical (unpaired) electrons. The van der Waals surface area contributed by atoms with Crippen LogP contribution in [0.3, 0.4) is 0 Å². The van der Waals surface area contributed by atoms with Crippen molar-refractivity contribution in [3.63, 3.8) is 0 Å². The monoisotopic (exact) mass is 220 g/mol. The number of hydrogen-bond donors (Lipinski definition) is 0. The largest absolute Gasteiger partial charge is 0.302 e. The fraction of sp³-hybridized carbons (Fsp3) is 0.800. The van der Waals surface area contributed by atoms with Gasteiger partial charge in [-0.25, -0.2) is 0 Å². The van der Waals surface area contributed by atoms with Gasteiger partial charge in [0, 0.05) is 5.41 Å². The van der Waals surface area contributed by atoms with E-state index in [4.69, 9.17) is 0 Å². The van der Waals surface area contributed by atoms with E-state index in [0.29, 0.717) is 11.3 Å². The van der Waals surface area contributed by atoms with Crippen molar-refractivity contribution in [1.29, 1.82) is 0 Å². The minimum absolute atomic E-state index is 0.175. The van der Waals surface area contributed by atoms with E-state index in [0.717, 1.165) is 6.42 Å². The molecule has 2 aliphatic carbocycles. The Morgan fingerprint density at radius 2 is 1.88 bits per heavy atom. The van der Waals surface area contributed by atoms with Crippen molar-refractivity contribution in [1.82, 2.24) is 0 Å². The number of aldehydes is 1. The summed E-state index contributed by atoms with van der Waals surface area (Å²) in [5, 5.41) is 0. The lowest BCUT2D eigenvalue weighted by atomic mass is 9.57. The summed E-state index contributed by atoms with van der Waals surface area (Å²) in [7, 11) is 0. The van der Waals surface area contributed by atoms with E-state index in [2.05, 4.69) is 27.7 Å². The van der Waals surface area contributed by atoms with Crippen molar-refractivity contribution in [2.75, 3.05) is 0 Å². The van der Waals surface area contributed by atoms with Crippen molar-refractivity contribution >= 4 is 6.29 Å². The van der Waals surface area contributed by atoms with Gasteiger partial charge in [-0.15, -0.1) is 0 Å². The summed E-state index contributed by atoms with van der Waals surface area (Å²) in [5.41, 5.74) is 3.24. The molecule has 2 rings (SSSR count). The zero-order valence-corrected chi connectivity index (χ0v) is 11.1. The Morgan fingerprint density at radius 3 is 2.50 bits per heavy atom. The van der Waals surface area contributed by atoms with Gasteiger partial charge in [0.1, 0.15) is 6.29 Å². The molecule has 2 atom stereocenters. The molecule has 1 heteroatoms. The van der Waals surface area contributed by atoms with Crippen LogP contribution in [0.25, 0.3) is 0 Å². The minimum atomic E-state index is -0.175. The quantitative estimate of drug-likeness (QED) is 0.479. The lowest BCUT2D eigenvalue weighted by Crippen LogP contribution is -2.38. The van der Waals surface area contributed by atoms with Gasteiger partial charge in [0.15, 0.2) is 0 Å². The molecule has 0 bridgehead atoms. The molecule has 0 N–H and O–H groups in total. The van der Waals surface area contributed by atoms with Crippen LogP contribution >= 0.6 is 0 Å². The summed E-state index contributed by atoms with van der Waals surface area (Å²) in [6.45, 7) is 9.09. The Morgan fingerprint density at radius 1 is 1.19 bits per heavy atom. The maximum Gasteiger partial charge on any atom is 0.130 e. The first-order valence-electron chi connectivity index (χ1n) is 6.61. The SMILES string of the molecule is C[C@H]1CCC2=C(CCCC2(C)C)[C@]1(C)C=O. The second-order valence-electron chi connectivity index (χ2n) is 6.53. The lowest BCUT2D eigenvalue weighted by Gasteiger charge is -2.47. The fourth-order valence-corrected chi connectivity index (χ4v) is 3.65. The van der Waals surface area contributed by atoms with Crippen molar-refractivity contribution in [3.8, 4) is 0 Å². The van der Waals surface area contributed by atoms with E-state index in [1.54, 1.807) is 5.57 Å². The van der Waals surface area contributed by atoms with E-state index < -0.39 is 0 Å². The van der Waals surface area contributed by atoms with E-state index in [1.807, 2.05) is 0 Å². The van der Waals surface area contributed by atoms with Crippen molar-refractivity contribution in [2.24, 2.45) is 16.7 Å². The molecular weight excluding hydrogens is 196 g/mol. The molecule has 0 aliphatic heterocycles. The highest BCUT2D eigenvalue weighted by Crippen LogP contribution is 2.54. The molecule has 2 aliphatic rings. The summed E-state index contributed by atoms with van der Waals surface area (Å²) in [6.07, 6.45) is 7.30. The summed E-state index contributed by atoms with van der Waals surface area (Å²) < 4.78 is 0. The smallest absolute Gasteiger partial charge is 0.130 e. The van der Waals surface area contributed by atoms with Crippen LogP contribution in [0, 0.1) is 16.7 Å². The first-order chi connectivity index (χ1) is 7.42. The maximum atomic E-state index is 11.5. The molecule has 90 valence electrons. The summed E-state index contributed by atoms with van der Waals surface area (Å²) in [5.74, 6) is 0.512. The van der Waals surface area contributed by atoms with Crippen molar-refractivity contribution < 1.29 is 4.79 Å². The van der Waals surface area contributed by atoms with Gasteiger partial charge in [-0.05, 0) is 50.4 Å². The molecule has 0 unspecified atom stereocenters. The Kier molecular flexibility index (Phi) is 2.76. The number of hydrogen-bond acceptors (Lipinski definition) is 1. The third kappa shape index (κ3) is 1.56. The summed E-state index contributed by atoms with van der Waals surface area (Å²) >= 11 is 0. The molecular formula is C15H24O. The first-order valence-corrected chi connectivity index (χ1v) is 6.61. The van der Waals surface area contributed by atoms with Gasteiger partial charge in [0.25, 0.3) is 0 Å². The predicted molar refractivity (Wildman–Crippen MR) is 67.2 cm³/mol. The van der Waals surface area contributed by atoms with Gasteiger partial charge in [-0.1, -0.05) is 31.9 Å². The Hall–Kier alpha value is -0.590. The highest BCUT2D eigenvalue weighted by Gasteiger charge is 2.44. The molecule has 0 aromatic carbocycles. The van der Waals surface area contributed by atoms with E-state index in [9.17, 15) is 4.79 Å². The molecule has 1 nitrogen and oxygen atoms in total. The highest BCUT2D eigenvalue weighted by atomic mass is 16.1. The minimum Gasteiger partial charge on any atom is -0.302 e. The second kappa shape index (κ2) is 3.72. The molecule has 0 aromatic rings. The third-order valence-electron chi connectivity index (χ3n) is 5.16. The first kappa shape index (κ1) is 11.9. The van der Waals surface area contributed by atoms with Gasteiger partial charge in [0.2, 0.25) is 0 Å². The molecule has 0 amide bonds. The zero-order valence-electron chi connectivity index (χ0n) is 11.1. The number of carbonyl (C=O) groups is 1. The van der Waals surface area contributed by atoms with Crippen LogP contribution in [0.15, 0.2) is 11.1 Å². The van der Waals surface area contributed by atoms with Gasteiger partial charge in [-0.3, -0.25) is 0 Å². The van der Waals surface area contributed by atoms with Crippen LogP contribution < -0.4 is 0 Å². The predicted octanol–water partition coefficient (Wildman–Crippen LogP) is 4.13. The van der Waals surface area contributed by atoms with Gasteiger partial charge in [0.05, 0.1) is 0 Å². The van der Waals surface area contributed by atoms with E-state index in [1.165, 1.54) is 37.5 Å². The third-order valence-corrected chi connectivity index (χ3v) is 5.16. The van der Waals surface area contributed by atoms with E-state index >= 15 is 0 Å². The lowest BCUT2D eigenvalue weighted by molar-refractivity contribution is -0.116. The summed E-state index contributed by atoms with van der Waals surface area (Å²) in [4.78, 5) is 11.5. The molecule has 0 spiro atoms. The van der Waals surface area contributed by atoms with Gasteiger partial charge >= 0.3 is 0 Å². The summed E-state index contributed by atoms with van der Waals surface area (Å²) in [6, 6.07) is 0. The maximum absolute atomic E-state index is 11.5. The molecule has 0 saturated heterocycles. The Balaban J connectivity index is 2.52. The zero-order chi connectivity index (χ0) is 12.0. The fourth-order valence-electron chi connectivity index (χ4n) is 3.65. The molecule has 0 fully saturated rings. The van der Waals surface area contributed by atoms with Crippen LogP contribution in [0.1, 0.15) is 59.8 Å². The van der Waals surface area contributed by atoms with E-state index in [-0.39, 0.29) is 5.41 Å². The number of allylic oxidation sites excluding steroid dienone is 2. The van der Waals surface area contributed by atoms with Crippen molar-refractivity contribution in [3.05, 3.63) is 11.1 Å². The normalized spacial score (nSPS) is 38.1. The van der Waals surface area contributed by atoms with Crippen LogP contribution in [0.4, 0.5) is 0 Å². The molecule has 16 heavy (non-hydrogen) atoms.